The molecule has 0 aromatic carbocycles. The maximum absolute atomic E-state index is 6.49. The predicted octanol–water partition coefficient (Wildman–Crippen LogP) is 5.86. The van der Waals surface area contributed by atoms with E-state index in [2.05, 4.69) is 15.6 Å². The highest BCUT2D eigenvalue weighted by molar-refractivity contribution is 6.33. The number of pyridine rings is 2. The lowest BCUT2D eigenvalue weighted by Gasteiger charge is -2.27. The molecule has 0 amide bonds. The number of nitrogens with zero attached hydrogens (tertiary/aromatic N) is 2. The number of nitrogens with two attached hydrogens (primary N) is 1. The van der Waals surface area contributed by atoms with Crippen molar-refractivity contribution in [2.45, 2.75) is 76.3 Å². The van der Waals surface area contributed by atoms with E-state index in [4.69, 9.17) is 22.3 Å². The molecule has 2 heterocycles. The molecule has 2 saturated carbocycles. The zero-order chi connectivity index (χ0) is 20.8. The quantitative estimate of drug-likeness (QED) is 0.503. The summed E-state index contributed by atoms with van der Waals surface area (Å²) in [4.78, 5) is 9.33. The topological polar surface area (TPSA) is 75.9 Å². The summed E-state index contributed by atoms with van der Waals surface area (Å²) in [6, 6.07) is 8.89. The van der Waals surface area contributed by atoms with Gasteiger partial charge in [0.2, 0.25) is 0 Å². The van der Waals surface area contributed by atoms with Crippen molar-refractivity contribution in [3.8, 4) is 11.3 Å². The largest absolute Gasteiger partial charge is 0.370 e. The fraction of sp³-hybridized carbons (Fsp3) is 0.583. The summed E-state index contributed by atoms with van der Waals surface area (Å²) in [5.41, 5.74) is 7.82. The average Bonchev–Trinajstić information content (AvgIpc) is 3.04. The Morgan fingerprint density at radius 1 is 0.967 bits per heavy atom. The molecule has 6 heteroatoms. The van der Waals surface area contributed by atoms with E-state index in [1.807, 2.05) is 24.3 Å². The second-order valence-electron chi connectivity index (χ2n) is 8.95. The minimum atomic E-state index is 0.342. The summed E-state index contributed by atoms with van der Waals surface area (Å²) in [6.45, 7) is 0.997. The second-order valence-corrected chi connectivity index (χ2v) is 9.36. The summed E-state index contributed by atoms with van der Waals surface area (Å²) < 4.78 is 0. The highest BCUT2D eigenvalue weighted by Crippen LogP contribution is 2.30. The highest BCUT2D eigenvalue weighted by atomic mass is 35.5. The maximum atomic E-state index is 6.49. The monoisotopic (exact) mass is 427 g/mol. The smallest absolute Gasteiger partial charge is 0.126 e. The average molecular weight is 428 g/mol. The molecule has 2 aromatic heterocycles. The summed E-state index contributed by atoms with van der Waals surface area (Å²) >= 11 is 6.49. The molecule has 0 radical (unpaired) electrons. The molecule has 4 rings (SSSR count). The van der Waals surface area contributed by atoms with Crippen molar-refractivity contribution in [3.63, 3.8) is 0 Å². The number of rotatable bonds is 6. The third-order valence-electron chi connectivity index (χ3n) is 6.55. The van der Waals surface area contributed by atoms with Gasteiger partial charge in [0.15, 0.2) is 0 Å². The summed E-state index contributed by atoms with van der Waals surface area (Å²) in [7, 11) is 0. The van der Waals surface area contributed by atoms with Crippen molar-refractivity contribution in [1.29, 1.82) is 0 Å². The van der Waals surface area contributed by atoms with Gasteiger partial charge < -0.3 is 16.4 Å². The molecule has 2 aliphatic rings. The third-order valence-corrected chi connectivity index (χ3v) is 6.85. The lowest BCUT2D eigenvalue weighted by molar-refractivity contribution is 0.410. The molecule has 0 saturated heterocycles. The highest BCUT2D eigenvalue weighted by Gasteiger charge is 2.19. The molecular formula is C24H34ClN5. The fourth-order valence-corrected chi connectivity index (χ4v) is 4.89. The minimum Gasteiger partial charge on any atom is -0.370 e. The van der Waals surface area contributed by atoms with Gasteiger partial charge in [-0.15, -0.1) is 0 Å². The van der Waals surface area contributed by atoms with Gasteiger partial charge in [0.1, 0.15) is 11.6 Å². The van der Waals surface area contributed by atoms with Gasteiger partial charge in [0.05, 0.1) is 10.7 Å². The molecule has 2 aromatic rings. The molecule has 0 unspecified atom stereocenters. The first-order valence-corrected chi connectivity index (χ1v) is 11.9. The first-order valence-electron chi connectivity index (χ1n) is 11.6. The van der Waals surface area contributed by atoms with E-state index in [0.29, 0.717) is 17.1 Å². The molecule has 0 bridgehead atoms. The molecule has 162 valence electrons. The van der Waals surface area contributed by atoms with Gasteiger partial charge in [-0.1, -0.05) is 43.4 Å². The third kappa shape index (κ3) is 5.86. The van der Waals surface area contributed by atoms with Crippen molar-refractivity contribution in [1.82, 2.24) is 9.97 Å². The Morgan fingerprint density at radius 3 is 2.50 bits per heavy atom. The van der Waals surface area contributed by atoms with Gasteiger partial charge in [0.25, 0.3) is 0 Å². The fourth-order valence-electron chi connectivity index (χ4n) is 4.69. The van der Waals surface area contributed by atoms with Gasteiger partial charge in [-0.05, 0) is 62.6 Å². The zero-order valence-electron chi connectivity index (χ0n) is 17.7. The lowest BCUT2D eigenvalue weighted by atomic mass is 9.92. The van der Waals surface area contributed by atoms with Crippen LogP contribution >= 0.6 is 11.6 Å². The van der Waals surface area contributed by atoms with Crippen LogP contribution in [0.4, 0.5) is 11.6 Å². The Bertz CT molecular complexity index is 811. The minimum absolute atomic E-state index is 0.342. The zero-order valence-corrected chi connectivity index (χ0v) is 18.5. The standard InChI is InChI=1S/C24H34ClN5/c25-21-16-28-24(29-19-12-10-18(26)11-13-19)14-20(21)22-8-5-9-23(30-22)27-15-17-6-3-1-2-4-7-17/h5,8-9,14,16-19H,1-4,6-7,10-13,15,26H2,(H,27,30)(H,28,29)/t18-,19-. The maximum Gasteiger partial charge on any atom is 0.126 e. The number of nitrogens with one attached hydrogen (secondary N) is 2. The Morgan fingerprint density at radius 2 is 1.73 bits per heavy atom. The van der Waals surface area contributed by atoms with Gasteiger partial charge in [-0.2, -0.15) is 0 Å². The van der Waals surface area contributed by atoms with E-state index in [1.54, 1.807) is 6.20 Å². The number of aromatic nitrogens is 2. The Labute approximate surface area is 185 Å². The normalized spacial score (nSPS) is 23.0. The first kappa shape index (κ1) is 21.4. The van der Waals surface area contributed by atoms with Crippen molar-refractivity contribution >= 4 is 23.2 Å². The number of hydrogen-bond acceptors (Lipinski definition) is 5. The van der Waals surface area contributed by atoms with Crippen molar-refractivity contribution in [3.05, 3.63) is 35.5 Å². The summed E-state index contributed by atoms with van der Waals surface area (Å²) in [5, 5.41) is 7.74. The Hall–Kier alpha value is -1.85. The van der Waals surface area contributed by atoms with Crippen molar-refractivity contribution < 1.29 is 0 Å². The summed E-state index contributed by atoms with van der Waals surface area (Å²) in [5.74, 6) is 2.52. The van der Waals surface area contributed by atoms with Gasteiger partial charge in [-0.25, -0.2) is 9.97 Å². The van der Waals surface area contributed by atoms with E-state index in [1.165, 1.54) is 38.5 Å². The van der Waals surface area contributed by atoms with Crippen LogP contribution in [-0.2, 0) is 0 Å². The molecular weight excluding hydrogens is 394 g/mol. The van der Waals surface area contributed by atoms with Crippen LogP contribution in [0.3, 0.4) is 0 Å². The van der Waals surface area contributed by atoms with Gasteiger partial charge in [0, 0.05) is 30.4 Å². The van der Waals surface area contributed by atoms with Crippen molar-refractivity contribution in [2.24, 2.45) is 11.7 Å². The van der Waals surface area contributed by atoms with Crippen LogP contribution in [0.15, 0.2) is 30.5 Å². The van der Waals surface area contributed by atoms with Crippen molar-refractivity contribution in [2.75, 3.05) is 17.2 Å². The van der Waals surface area contributed by atoms with Crippen LogP contribution in [0.5, 0.6) is 0 Å². The van der Waals surface area contributed by atoms with Crippen LogP contribution < -0.4 is 16.4 Å². The Balaban J connectivity index is 1.43. The SMILES string of the molecule is N[C@H]1CC[C@H](Nc2cc(-c3cccc(NCC4CCCCCC4)n3)c(Cl)cn2)CC1. The van der Waals surface area contributed by atoms with Gasteiger partial charge >= 0.3 is 0 Å². The number of anilines is 2. The molecule has 0 aliphatic heterocycles. The van der Waals surface area contributed by atoms with Crippen LogP contribution in [0.1, 0.15) is 64.2 Å². The predicted molar refractivity (Wildman–Crippen MR) is 126 cm³/mol. The molecule has 30 heavy (non-hydrogen) atoms. The van der Waals surface area contributed by atoms with E-state index < -0.39 is 0 Å². The first-order chi connectivity index (χ1) is 14.7. The molecule has 4 N–H and O–H groups in total. The molecule has 2 aliphatic carbocycles. The second kappa shape index (κ2) is 10.5. The number of hydrogen-bond donors (Lipinski definition) is 3. The Kier molecular flexibility index (Phi) is 7.45. The molecule has 2 fully saturated rings. The van der Waals surface area contributed by atoms with E-state index in [-0.39, 0.29) is 0 Å². The van der Waals surface area contributed by atoms with E-state index in [9.17, 15) is 0 Å². The molecule has 0 atom stereocenters. The van der Waals surface area contributed by atoms with Crippen LogP contribution in [0.2, 0.25) is 5.02 Å². The summed E-state index contributed by atoms with van der Waals surface area (Å²) in [6.07, 6.45) is 14.1. The molecule has 5 nitrogen and oxygen atoms in total. The van der Waals surface area contributed by atoms with Crippen LogP contribution in [0, 0.1) is 5.92 Å². The van der Waals surface area contributed by atoms with E-state index in [0.717, 1.165) is 61.0 Å². The van der Waals surface area contributed by atoms with Gasteiger partial charge in [-0.3, -0.25) is 0 Å². The van der Waals surface area contributed by atoms with E-state index >= 15 is 0 Å². The number of halogens is 1. The lowest BCUT2D eigenvalue weighted by Crippen LogP contribution is -2.33. The van der Waals surface area contributed by atoms with Crippen LogP contribution in [-0.4, -0.2) is 28.6 Å². The van der Waals surface area contributed by atoms with Crippen LogP contribution in [0.25, 0.3) is 11.3 Å². The molecule has 0 spiro atoms.